The molecule has 0 saturated heterocycles. The fourth-order valence-electron chi connectivity index (χ4n) is 3.40. The van der Waals surface area contributed by atoms with Crippen molar-refractivity contribution in [3.8, 4) is 0 Å². The Balaban J connectivity index is 0.00000102. The average molecular weight is 378 g/mol. The third-order valence-electron chi connectivity index (χ3n) is 4.69. The summed E-state index contributed by atoms with van der Waals surface area (Å²) in [4.78, 5) is 25.9. The van der Waals surface area contributed by atoms with Crippen molar-refractivity contribution in [2.75, 3.05) is 11.7 Å². The summed E-state index contributed by atoms with van der Waals surface area (Å²) in [5, 5.41) is 3.38. The summed E-state index contributed by atoms with van der Waals surface area (Å²) in [5.41, 5.74) is 5.67. The van der Waals surface area contributed by atoms with E-state index >= 15 is 0 Å². The number of carbonyl (C=O) groups is 2. The van der Waals surface area contributed by atoms with Gasteiger partial charge in [-0.3, -0.25) is 9.59 Å². The maximum atomic E-state index is 13.0. The number of aryl methyl sites for hydroxylation is 2. The van der Waals surface area contributed by atoms with Crippen LogP contribution in [0.15, 0.2) is 60.7 Å². The number of hydrogen-bond donors (Lipinski definition) is 1. The monoisotopic (exact) mass is 377 g/mol. The van der Waals surface area contributed by atoms with E-state index in [2.05, 4.69) is 16.9 Å². The number of nitrogens with one attached hydrogen (secondary N) is 1. The van der Waals surface area contributed by atoms with Crippen molar-refractivity contribution in [3.63, 3.8) is 0 Å². The Kier molecular flexibility index (Phi) is 5.43. The third kappa shape index (κ3) is 3.26. The second-order valence-corrected chi connectivity index (χ2v) is 6.32. The molecule has 0 unspecified atom stereocenters. The number of anilines is 2. The second-order valence-electron chi connectivity index (χ2n) is 6.32. The Labute approximate surface area is 164 Å². The summed E-state index contributed by atoms with van der Waals surface area (Å²) < 4.78 is 0. The van der Waals surface area contributed by atoms with Gasteiger partial charge in [-0.25, -0.2) is 0 Å². The molecule has 0 aromatic heterocycles. The molecule has 0 fully saturated rings. The predicted octanol–water partition coefficient (Wildman–Crippen LogP) is 5.68. The summed E-state index contributed by atoms with van der Waals surface area (Å²) >= 11 is 4.64. The number of hydrogen-bond acceptors (Lipinski definition) is 3. The summed E-state index contributed by atoms with van der Waals surface area (Å²) in [6, 6.07) is 18.4. The maximum absolute atomic E-state index is 13.0. The number of ketones is 2. The van der Waals surface area contributed by atoms with Gasteiger partial charge in [0.2, 0.25) is 0 Å². The highest BCUT2D eigenvalue weighted by Gasteiger charge is 2.31. The molecule has 27 heavy (non-hydrogen) atoms. The van der Waals surface area contributed by atoms with Gasteiger partial charge in [0.15, 0.2) is 11.6 Å². The van der Waals surface area contributed by atoms with Crippen molar-refractivity contribution >= 4 is 34.5 Å². The first-order valence-corrected chi connectivity index (χ1v) is 9.36. The first-order valence-electron chi connectivity index (χ1n) is 8.60. The first-order chi connectivity index (χ1) is 13.1. The van der Waals surface area contributed by atoms with Crippen molar-refractivity contribution in [2.45, 2.75) is 13.8 Å². The van der Waals surface area contributed by atoms with Crippen LogP contribution in [0.25, 0.3) is 0 Å². The zero-order valence-electron chi connectivity index (χ0n) is 15.5. The minimum Gasteiger partial charge on any atom is -0.354 e. The Morgan fingerprint density at radius 1 is 0.667 bits per heavy atom. The van der Waals surface area contributed by atoms with Gasteiger partial charge in [0, 0.05) is 28.8 Å². The third-order valence-corrected chi connectivity index (χ3v) is 4.69. The zero-order chi connectivity index (χ0) is 19.6. The summed E-state index contributed by atoms with van der Waals surface area (Å²) in [7, 11) is 0. The average Bonchev–Trinajstić information content (AvgIpc) is 2.70. The number of fused-ring (bicyclic) bond motifs is 2. The van der Waals surface area contributed by atoms with Crippen molar-refractivity contribution in [3.05, 3.63) is 94.0 Å². The smallest absolute Gasteiger partial charge is 0.196 e. The zero-order valence-corrected chi connectivity index (χ0v) is 16.2. The van der Waals surface area contributed by atoms with Gasteiger partial charge in [0.05, 0.1) is 11.3 Å². The van der Waals surface area contributed by atoms with Crippen LogP contribution in [0.5, 0.6) is 0 Å². The van der Waals surface area contributed by atoms with E-state index in [0.717, 1.165) is 16.8 Å². The van der Waals surface area contributed by atoms with Crippen LogP contribution in [0.4, 0.5) is 11.4 Å². The van der Waals surface area contributed by atoms with Gasteiger partial charge in [0.25, 0.3) is 0 Å². The Morgan fingerprint density at radius 2 is 1.19 bits per heavy atom. The van der Waals surface area contributed by atoms with Crippen LogP contribution in [0.2, 0.25) is 0 Å². The predicted molar refractivity (Wildman–Crippen MR) is 111 cm³/mol. The summed E-state index contributed by atoms with van der Waals surface area (Å²) in [6.45, 7) is 4.04. The van der Waals surface area contributed by atoms with Gasteiger partial charge in [0.1, 0.15) is 0 Å². The highest BCUT2D eigenvalue weighted by molar-refractivity contribution is 6.30. The lowest BCUT2D eigenvalue weighted by Crippen LogP contribution is -2.22. The Hall–Kier alpha value is -2.91. The minimum atomic E-state index is -0.112. The highest BCUT2D eigenvalue weighted by Crippen LogP contribution is 2.34. The van der Waals surface area contributed by atoms with Gasteiger partial charge < -0.3 is 5.32 Å². The lowest BCUT2D eigenvalue weighted by Gasteiger charge is -2.21. The molecule has 0 atom stereocenters. The molecular formula is C23H20ClNO2. The van der Waals surface area contributed by atoms with Crippen LogP contribution in [-0.4, -0.2) is 17.9 Å². The van der Waals surface area contributed by atoms with Crippen LogP contribution in [0.1, 0.15) is 43.0 Å². The van der Waals surface area contributed by atoms with Crippen molar-refractivity contribution in [2.24, 2.45) is 0 Å². The molecular weight excluding hydrogens is 358 g/mol. The van der Waals surface area contributed by atoms with Gasteiger partial charge >= 0.3 is 0 Å². The van der Waals surface area contributed by atoms with Crippen LogP contribution < -0.4 is 5.32 Å². The van der Waals surface area contributed by atoms with Crippen molar-refractivity contribution in [1.29, 1.82) is 0 Å². The fraction of sp³-hybridized carbons (Fsp3) is 0.130. The van der Waals surface area contributed by atoms with E-state index in [-0.39, 0.29) is 11.6 Å². The molecule has 3 nitrogen and oxygen atoms in total. The Morgan fingerprint density at radius 3 is 1.81 bits per heavy atom. The molecule has 0 spiro atoms. The van der Waals surface area contributed by atoms with E-state index in [4.69, 9.17) is 0 Å². The van der Waals surface area contributed by atoms with Crippen molar-refractivity contribution < 1.29 is 9.59 Å². The quantitative estimate of drug-likeness (QED) is 0.457. The summed E-state index contributed by atoms with van der Waals surface area (Å²) in [6.07, 6.45) is 1.47. The minimum absolute atomic E-state index is 0.102. The first kappa shape index (κ1) is 18.9. The topological polar surface area (TPSA) is 46.2 Å². The molecule has 1 aliphatic carbocycles. The molecule has 4 rings (SSSR count). The lowest BCUT2D eigenvalue weighted by molar-refractivity contribution is 0.0979. The van der Waals surface area contributed by atoms with Gasteiger partial charge in [-0.2, -0.15) is 0 Å². The number of alkyl halides is 1. The Bertz CT molecular complexity index is 1020. The number of halogens is 1. The van der Waals surface area contributed by atoms with Gasteiger partial charge in [-0.15, -0.1) is 11.6 Å². The van der Waals surface area contributed by atoms with E-state index < -0.39 is 0 Å². The van der Waals surface area contributed by atoms with E-state index in [1.807, 2.05) is 44.2 Å². The van der Waals surface area contributed by atoms with Crippen LogP contribution >= 0.6 is 11.6 Å². The molecule has 0 heterocycles. The maximum Gasteiger partial charge on any atom is 0.196 e. The van der Waals surface area contributed by atoms with E-state index in [1.165, 1.54) is 6.38 Å². The molecule has 0 aliphatic heterocycles. The van der Waals surface area contributed by atoms with Gasteiger partial charge in [-0.1, -0.05) is 54.6 Å². The molecule has 4 heteroatoms. The van der Waals surface area contributed by atoms with E-state index in [0.29, 0.717) is 27.9 Å². The van der Waals surface area contributed by atoms with E-state index in [9.17, 15) is 9.59 Å². The van der Waals surface area contributed by atoms with Crippen LogP contribution in [0.3, 0.4) is 0 Å². The number of carbonyl (C=O) groups excluding carboxylic acids is 2. The molecule has 3 aromatic rings. The molecule has 3 aromatic carbocycles. The molecule has 1 N–H and O–H groups in total. The molecule has 0 amide bonds. The summed E-state index contributed by atoms with van der Waals surface area (Å²) in [5.74, 6) is -0.213. The molecule has 1 aliphatic rings. The number of para-hydroxylation sites is 1. The van der Waals surface area contributed by atoms with Gasteiger partial charge in [-0.05, 0) is 31.0 Å². The normalized spacial score (nSPS) is 11.9. The second kappa shape index (κ2) is 7.77. The number of rotatable bonds is 2. The molecule has 0 saturated carbocycles. The molecule has 0 bridgehead atoms. The standard InChI is InChI=1S/C22H17NO2.CH3Cl/c1-13-7-5-8-14(2)20(13)23-18-12-6-11-17-19(18)22(25)16-10-4-3-9-15(16)21(17)24;1-2/h3-12,23H,1-2H3;1H3. The molecule has 0 radical (unpaired) electrons. The van der Waals surface area contributed by atoms with Crippen LogP contribution in [0, 0.1) is 13.8 Å². The lowest BCUT2D eigenvalue weighted by atomic mass is 9.83. The fourth-order valence-corrected chi connectivity index (χ4v) is 3.40. The highest BCUT2D eigenvalue weighted by atomic mass is 35.5. The van der Waals surface area contributed by atoms with Crippen molar-refractivity contribution in [1.82, 2.24) is 0 Å². The SMILES string of the molecule is CCl.Cc1cccc(C)c1Nc1cccc2c1C(=O)c1ccccc1C2=O. The largest absolute Gasteiger partial charge is 0.354 e. The number of benzene rings is 3. The van der Waals surface area contributed by atoms with Crippen LogP contribution in [-0.2, 0) is 0 Å². The molecule has 136 valence electrons. The van der Waals surface area contributed by atoms with E-state index in [1.54, 1.807) is 30.3 Å².